The summed E-state index contributed by atoms with van der Waals surface area (Å²) in [5.41, 5.74) is 0. The van der Waals surface area contributed by atoms with Gasteiger partial charge in [0.25, 0.3) is 0 Å². The third-order valence-corrected chi connectivity index (χ3v) is 5.35. The van der Waals surface area contributed by atoms with Crippen LogP contribution in [0.15, 0.2) is 24.3 Å². The highest BCUT2D eigenvalue weighted by molar-refractivity contribution is 5.84. The summed E-state index contributed by atoms with van der Waals surface area (Å²) in [6, 6.07) is 0. The van der Waals surface area contributed by atoms with Gasteiger partial charge in [0, 0.05) is 24.7 Å². The molecule has 1 aliphatic carbocycles. The fourth-order valence-corrected chi connectivity index (χ4v) is 3.52. The van der Waals surface area contributed by atoms with Crippen molar-refractivity contribution in [2.75, 3.05) is 13.2 Å². The SMILES string of the molecule is CCCCCC(O)/C=C/[C@H]1C(O)CC(=O)C1C/C=C/CCCC(=O)OCC(O)CO. The van der Waals surface area contributed by atoms with Gasteiger partial charge in [0.05, 0.1) is 18.8 Å². The molecule has 0 aromatic carbocycles. The summed E-state index contributed by atoms with van der Waals surface area (Å²) >= 11 is 0. The molecule has 0 heterocycles. The van der Waals surface area contributed by atoms with Gasteiger partial charge in [-0.05, 0) is 25.7 Å². The van der Waals surface area contributed by atoms with Crippen LogP contribution in [0.25, 0.3) is 0 Å². The third-order valence-electron chi connectivity index (χ3n) is 5.35. The van der Waals surface area contributed by atoms with E-state index in [1.165, 1.54) is 0 Å². The highest BCUT2D eigenvalue weighted by atomic mass is 16.5. The van der Waals surface area contributed by atoms with E-state index >= 15 is 0 Å². The number of Topliss-reactive ketones (excluding diaryl/α,β-unsaturated/α-hetero) is 1. The Morgan fingerprint density at radius 2 is 2.00 bits per heavy atom. The summed E-state index contributed by atoms with van der Waals surface area (Å²) in [5.74, 6) is -0.961. The number of aliphatic hydroxyl groups excluding tert-OH is 4. The van der Waals surface area contributed by atoms with Crippen LogP contribution in [-0.4, -0.2) is 63.7 Å². The topological polar surface area (TPSA) is 124 Å². The zero-order chi connectivity index (χ0) is 22.4. The van der Waals surface area contributed by atoms with Crippen LogP contribution in [0.5, 0.6) is 0 Å². The lowest BCUT2D eigenvalue weighted by Crippen LogP contribution is -2.21. The molecule has 0 radical (unpaired) electrons. The summed E-state index contributed by atoms with van der Waals surface area (Å²) in [6.45, 7) is 1.45. The standard InChI is InChI=1S/C23H38O7/c1-2-3-6-9-17(25)12-13-20-19(21(27)14-22(20)28)10-7-4-5-8-11-23(29)30-16-18(26)15-24/h4,7,12-13,17-20,22,24-26,28H,2-3,5-6,8-11,14-16H2,1H3/b7-4+,13-12+/t17?,18?,19?,20-,22?/m1/s1. The maximum atomic E-state index is 12.2. The molecule has 4 N–H and O–H groups in total. The molecule has 0 bridgehead atoms. The number of carbonyl (C=O) groups excluding carboxylic acids is 2. The maximum absolute atomic E-state index is 12.2. The van der Waals surface area contributed by atoms with E-state index in [1.54, 1.807) is 12.2 Å². The Kier molecular flexibility index (Phi) is 13.5. The predicted octanol–water partition coefficient (Wildman–Crippen LogP) is 2.06. The number of ketones is 1. The zero-order valence-electron chi connectivity index (χ0n) is 18.0. The first-order valence-electron chi connectivity index (χ1n) is 11.1. The van der Waals surface area contributed by atoms with Gasteiger partial charge in [0.15, 0.2) is 0 Å². The number of rotatable bonds is 15. The van der Waals surface area contributed by atoms with Crippen molar-refractivity contribution in [1.29, 1.82) is 0 Å². The lowest BCUT2D eigenvalue weighted by molar-refractivity contribution is -0.147. The number of ether oxygens (including phenoxy) is 1. The zero-order valence-corrected chi connectivity index (χ0v) is 18.0. The molecule has 0 spiro atoms. The molecule has 0 aromatic heterocycles. The van der Waals surface area contributed by atoms with Crippen LogP contribution in [0.1, 0.15) is 64.7 Å². The van der Waals surface area contributed by atoms with Gasteiger partial charge < -0.3 is 25.2 Å². The highest BCUT2D eigenvalue weighted by Crippen LogP contribution is 2.33. The van der Waals surface area contributed by atoms with Crippen molar-refractivity contribution in [3.63, 3.8) is 0 Å². The Morgan fingerprint density at radius 1 is 1.23 bits per heavy atom. The van der Waals surface area contributed by atoms with E-state index in [0.717, 1.165) is 19.3 Å². The van der Waals surface area contributed by atoms with Gasteiger partial charge in [-0.1, -0.05) is 50.5 Å². The molecule has 4 unspecified atom stereocenters. The van der Waals surface area contributed by atoms with E-state index in [2.05, 4.69) is 6.92 Å². The molecular weight excluding hydrogens is 388 g/mol. The number of hydrogen-bond donors (Lipinski definition) is 4. The van der Waals surface area contributed by atoms with E-state index in [1.807, 2.05) is 12.2 Å². The smallest absolute Gasteiger partial charge is 0.305 e. The van der Waals surface area contributed by atoms with Crippen molar-refractivity contribution in [3.05, 3.63) is 24.3 Å². The molecule has 1 rings (SSSR count). The second-order valence-corrected chi connectivity index (χ2v) is 7.99. The van der Waals surface area contributed by atoms with Crippen molar-refractivity contribution < 1.29 is 34.8 Å². The van der Waals surface area contributed by atoms with Crippen molar-refractivity contribution in [1.82, 2.24) is 0 Å². The number of esters is 1. The fourth-order valence-electron chi connectivity index (χ4n) is 3.52. The average Bonchev–Trinajstić information content (AvgIpc) is 2.99. The summed E-state index contributed by atoms with van der Waals surface area (Å²) in [7, 11) is 0. The van der Waals surface area contributed by atoms with E-state index < -0.39 is 30.9 Å². The van der Waals surface area contributed by atoms with Crippen LogP contribution in [-0.2, 0) is 14.3 Å². The molecule has 7 nitrogen and oxygen atoms in total. The molecular formula is C23H38O7. The molecule has 172 valence electrons. The van der Waals surface area contributed by atoms with Gasteiger partial charge in [-0.2, -0.15) is 0 Å². The molecule has 1 fully saturated rings. The van der Waals surface area contributed by atoms with Crippen LogP contribution >= 0.6 is 0 Å². The Labute approximate surface area is 179 Å². The fraction of sp³-hybridized carbons (Fsp3) is 0.739. The highest BCUT2D eigenvalue weighted by Gasteiger charge is 2.39. The van der Waals surface area contributed by atoms with Gasteiger partial charge in [-0.15, -0.1) is 0 Å². The van der Waals surface area contributed by atoms with Gasteiger partial charge in [-0.3, -0.25) is 9.59 Å². The Bertz CT molecular complexity index is 558. The van der Waals surface area contributed by atoms with Crippen LogP contribution in [0, 0.1) is 11.8 Å². The predicted molar refractivity (Wildman–Crippen MR) is 114 cm³/mol. The second-order valence-electron chi connectivity index (χ2n) is 7.99. The molecule has 0 aliphatic heterocycles. The molecule has 7 heteroatoms. The normalized spacial score (nSPS) is 24.0. The number of allylic oxidation sites excluding steroid dienone is 2. The third kappa shape index (κ3) is 10.5. The van der Waals surface area contributed by atoms with Gasteiger partial charge in [0.1, 0.15) is 18.5 Å². The second kappa shape index (κ2) is 15.3. The minimum Gasteiger partial charge on any atom is -0.463 e. The Balaban J connectivity index is 2.37. The number of unbranched alkanes of at least 4 members (excludes halogenated alkanes) is 3. The van der Waals surface area contributed by atoms with E-state index in [9.17, 15) is 19.8 Å². The maximum Gasteiger partial charge on any atom is 0.305 e. The summed E-state index contributed by atoms with van der Waals surface area (Å²) in [4.78, 5) is 23.7. The van der Waals surface area contributed by atoms with Gasteiger partial charge >= 0.3 is 5.97 Å². The summed E-state index contributed by atoms with van der Waals surface area (Å²) in [6.07, 6.45) is 10.9. The summed E-state index contributed by atoms with van der Waals surface area (Å²) in [5, 5.41) is 38.0. The first kappa shape index (κ1) is 26.5. The minimum absolute atomic E-state index is 0.0355. The largest absolute Gasteiger partial charge is 0.463 e. The molecule has 1 saturated carbocycles. The van der Waals surface area contributed by atoms with Crippen LogP contribution in [0.4, 0.5) is 0 Å². The first-order valence-corrected chi connectivity index (χ1v) is 11.1. The van der Waals surface area contributed by atoms with Crippen LogP contribution in [0.2, 0.25) is 0 Å². The van der Waals surface area contributed by atoms with Crippen molar-refractivity contribution >= 4 is 11.8 Å². The monoisotopic (exact) mass is 426 g/mol. The first-order chi connectivity index (χ1) is 14.4. The lowest BCUT2D eigenvalue weighted by atomic mass is 9.90. The average molecular weight is 427 g/mol. The molecule has 0 saturated heterocycles. The van der Waals surface area contributed by atoms with Gasteiger partial charge in [0.2, 0.25) is 0 Å². The quantitative estimate of drug-likeness (QED) is 0.179. The van der Waals surface area contributed by atoms with E-state index in [0.29, 0.717) is 25.7 Å². The number of hydrogen-bond acceptors (Lipinski definition) is 7. The molecule has 5 atom stereocenters. The summed E-state index contributed by atoms with van der Waals surface area (Å²) < 4.78 is 4.83. The molecule has 0 amide bonds. The number of aliphatic hydroxyl groups is 4. The molecule has 30 heavy (non-hydrogen) atoms. The minimum atomic E-state index is -1.05. The van der Waals surface area contributed by atoms with Crippen molar-refractivity contribution in [2.24, 2.45) is 11.8 Å². The van der Waals surface area contributed by atoms with E-state index in [4.69, 9.17) is 14.9 Å². The number of carbonyl (C=O) groups is 2. The Morgan fingerprint density at radius 3 is 2.70 bits per heavy atom. The molecule has 0 aromatic rings. The Hall–Kier alpha value is -1.54. The molecule has 1 aliphatic rings. The van der Waals surface area contributed by atoms with Crippen molar-refractivity contribution in [2.45, 2.75) is 83.0 Å². The van der Waals surface area contributed by atoms with Crippen LogP contribution in [0.3, 0.4) is 0 Å². The van der Waals surface area contributed by atoms with Crippen molar-refractivity contribution in [3.8, 4) is 0 Å². The van der Waals surface area contributed by atoms with Crippen LogP contribution < -0.4 is 0 Å². The van der Waals surface area contributed by atoms with E-state index in [-0.39, 0.29) is 37.1 Å². The van der Waals surface area contributed by atoms with Gasteiger partial charge in [-0.25, -0.2) is 0 Å². The lowest BCUT2D eigenvalue weighted by Gasteiger charge is -2.16.